The van der Waals surface area contributed by atoms with Gasteiger partial charge in [-0.15, -0.1) is 0 Å². The van der Waals surface area contributed by atoms with Crippen LogP contribution in [-0.4, -0.2) is 39.6 Å². The minimum absolute atomic E-state index is 0.130. The molecule has 1 aliphatic carbocycles. The van der Waals surface area contributed by atoms with E-state index in [-0.39, 0.29) is 17.5 Å². The number of hydrogen-bond acceptors (Lipinski definition) is 4. The SMILES string of the molecule is COCCCn1c(C(=O)N[C@@H]2CCCC[C@H]2C)cc2c(=O)n3cccc(C)c3nc21. The minimum atomic E-state index is -0.149. The van der Waals surface area contributed by atoms with Crippen molar-refractivity contribution in [2.45, 2.75) is 58.5 Å². The molecule has 7 heteroatoms. The van der Waals surface area contributed by atoms with Crippen molar-refractivity contribution >= 4 is 22.6 Å². The molecule has 0 bridgehead atoms. The van der Waals surface area contributed by atoms with Crippen LogP contribution in [0.4, 0.5) is 0 Å². The number of aromatic nitrogens is 3. The number of amides is 1. The number of carbonyl (C=O) groups is 1. The third-order valence-corrected chi connectivity index (χ3v) is 6.28. The quantitative estimate of drug-likeness (QED) is 0.633. The van der Waals surface area contributed by atoms with Gasteiger partial charge in [-0.05, 0) is 49.8 Å². The summed E-state index contributed by atoms with van der Waals surface area (Å²) < 4.78 is 8.64. The van der Waals surface area contributed by atoms with Crippen LogP contribution in [0, 0.1) is 12.8 Å². The van der Waals surface area contributed by atoms with Gasteiger partial charge in [-0.3, -0.25) is 14.0 Å². The number of fused-ring (bicyclic) bond motifs is 2. The molecular formula is C23H30N4O3. The molecule has 0 radical (unpaired) electrons. The van der Waals surface area contributed by atoms with Crippen LogP contribution in [0.1, 0.15) is 55.1 Å². The van der Waals surface area contributed by atoms with E-state index in [4.69, 9.17) is 9.72 Å². The molecule has 0 spiro atoms. The Kier molecular flexibility index (Phi) is 5.90. The predicted molar refractivity (Wildman–Crippen MR) is 117 cm³/mol. The topological polar surface area (TPSA) is 77.6 Å². The second-order valence-electron chi connectivity index (χ2n) is 8.41. The van der Waals surface area contributed by atoms with Crippen molar-refractivity contribution in [2.24, 2.45) is 5.92 Å². The van der Waals surface area contributed by atoms with E-state index < -0.39 is 0 Å². The zero-order chi connectivity index (χ0) is 21.3. The van der Waals surface area contributed by atoms with Gasteiger partial charge < -0.3 is 14.6 Å². The Labute approximate surface area is 176 Å². The number of aryl methyl sites for hydroxylation is 2. The van der Waals surface area contributed by atoms with Gasteiger partial charge in [-0.2, -0.15) is 0 Å². The molecule has 1 fully saturated rings. The molecule has 0 saturated heterocycles. The van der Waals surface area contributed by atoms with Crippen LogP contribution in [0.3, 0.4) is 0 Å². The molecule has 1 saturated carbocycles. The highest BCUT2D eigenvalue weighted by Crippen LogP contribution is 2.25. The van der Waals surface area contributed by atoms with Crippen LogP contribution in [0.5, 0.6) is 0 Å². The van der Waals surface area contributed by atoms with Gasteiger partial charge in [0.15, 0.2) is 0 Å². The smallest absolute Gasteiger partial charge is 0.268 e. The largest absolute Gasteiger partial charge is 0.385 e. The lowest BCUT2D eigenvalue weighted by atomic mass is 9.86. The summed E-state index contributed by atoms with van der Waals surface area (Å²) >= 11 is 0. The third kappa shape index (κ3) is 3.74. The zero-order valence-electron chi connectivity index (χ0n) is 18.0. The molecule has 0 aliphatic heterocycles. The van der Waals surface area contributed by atoms with E-state index >= 15 is 0 Å². The molecule has 1 aliphatic rings. The number of hydrogen-bond donors (Lipinski definition) is 1. The highest BCUT2D eigenvalue weighted by atomic mass is 16.5. The molecule has 0 aromatic carbocycles. The number of carbonyl (C=O) groups excluding carboxylic acids is 1. The molecule has 30 heavy (non-hydrogen) atoms. The first-order valence-electron chi connectivity index (χ1n) is 10.8. The number of methoxy groups -OCH3 is 1. The van der Waals surface area contributed by atoms with Gasteiger partial charge in [-0.25, -0.2) is 4.98 Å². The Bertz CT molecular complexity index is 1130. The van der Waals surface area contributed by atoms with Crippen molar-refractivity contribution in [2.75, 3.05) is 13.7 Å². The number of ether oxygens (including phenoxy) is 1. The first-order valence-corrected chi connectivity index (χ1v) is 10.8. The number of nitrogens with one attached hydrogen (secondary N) is 1. The van der Waals surface area contributed by atoms with Crippen LogP contribution in [0.25, 0.3) is 16.7 Å². The molecule has 1 amide bonds. The second-order valence-corrected chi connectivity index (χ2v) is 8.41. The minimum Gasteiger partial charge on any atom is -0.385 e. The lowest BCUT2D eigenvalue weighted by Gasteiger charge is -2.29. The standard InChI is InChI=1S/C23H30N4O3/c1-15-8-4-5-10-18(15)24-22(28)19-14-17-21(26(19)12-7-13-30-3)25-20-16(2)9-6-11-27(20)23(17)29/h6,9,11,14-15,18H,4-5,7-8,10,12-13H2,1-3H3,(H,24,28)/t15-,18-/m1/s1. The van der Waals surface area contributed by atoms with Gasteiger partial charge >= 0.3 is 0 Å². The highest BCUT2D eigenvalue weighted by molar-refractivity contribution is 5.98. The molecule has 1 N–H and O–H groups in total. The lowest BCUT2D eigenvalue weighted by Crippen LogP contribution is -2.41. The molecule has 3 aromatic rings. The number of rotatable bonds is 6. The fraction of sp³-hybridized carbons (Fsp3) is 0.522. The fourth-order valence-corrected chi connectivity index (χ4v) is 4.52. The van der Waals surface area contributed by atoms with Crippen molar-refractivity contribution in [3.63, 3.8) is 0 Å². The van der Waals surface area contributed by atoms with E-state index in [0.717, 1.165) is 31.2 Å². The van der Waals surface area contributed by atoms with Crippen molar-refractivity contribution < 1.29 is 9.53 Å². The van der Waals surface area contributed by atoms with Crippen LogP contribution < -0.4 is 10.9 Å². The van der Waals surface area contributed by atoms with Gasteiger partial charge in [-0.1, -0.05) is 25.8 Å². The molecule has 3 aromatic heterocycles. The first kappa shape index (κ1) is 20.6. The number of nitrogens with zero attached hydrogens (tertiary/aromatic N) is 3. The normalized spacial score (nSPS) is 19.4. The van der Waals surface area contributed by atoms with Crippen LogP contribution in [0.2, 0.25) is 0 Å². The fourth-order valence-electron chi connectivity index (χ4n) is 4.52. The Morgan fingerprint density at radius 3 is 2.87 bits per heavy atom. The lowest BCUT2D eigenvalue weighted by molar-refractivity contribution is 0.0900. The van der Waals surface area contributed by atoms with Crippen LogP contribution >= 0.6 is 0 Å². The molecular weight excluding hydrogens is 380 g/mol. The predicted octanol–water partition coefficient (Wildman–Crippen LogP) is 3.30. The van der Waals surface area contributed by atoms with E-state index in [9.17, 15) is 9.59 Å². The van der Waals surface area contributed by atoms with Crippen LogP contribution in [0.15, 0.2) is 29.2 Å². The summed E-state index contributed by atoms with van der Waals surface area (Å²) in [6, 6.07) is 5.65. The molecule has 7 nitrogen and oxygen atoms in total. The number of pyridine rings is 1. The van der Waals surface area contributed by atoms with E-state index in [1.165, 1.54) is 6.42 Å². The summed E-state index contributed by atoms with van der Waals surface area (Å²) in [6.07, 6.45) is 6.95. The summed E-state index contributed by atoms with van der Waals surface area (Å²) in [5.41, 5.74) is 2.45. The molecule has 3 heterocycles. The summed E-state index contributed by atoms with van der Waals surface area (Å²) in [5, 5.41) is 3.69. The Hall–Kier alpha value is -2.67. The molecule has 0 unspecified atom stereocenters. The average molecular weight is 411 g/mol. The summed E-state index contributed by atoms with van der Waals surface area (Å²) in [6.45, 7) is 5.27. The van der Waals surface area contributed by atoms with Gasteiger partial charge in [0, 0.05) is 32.5 Å². The molecule has 4 rings (SSSR count). The summed E-state index contributed by atoms with van der Waals surface area (Å²) in [4.78, 5) is 31.2. The maximum Gasteiger partial charge on any atom is 0.268 e. The van der Waals surface area contributed by atoms with Gasteiger partial charge in [0.25, 0.3) is 11.5 Å². The van der Waals surface area contributed by atoms with E-state index in [0.29, 0.717) is 41.4 Å². The summed E-state index contributed by atoms with van der Waals surface area (Å²) in [7, 11) is 1.66. The monoisotopic (exact) mass is 410 g/mol. The first-order chi connectivity index (χ1) is 14.5. The maximum atomic E-state index is 13.3. The van der Waals surface area contributed by atoms with Crippen molar-refractivity contribution in [3.05, 3.63) is 46.0 Å². The van der Waals surface area contributed by atoms with Crippen molar-refractivity contribution in [1.82, 2.24) is 19.3 Å². The molecule has 160 valence electrons. The average Bonchev–Trinajstić information content (AvgIpc) is 3.10. The van der Waals surface area contributed by atoms with E-state index in [1.54, 1.807) is 23.8 Å². The molecule has 2 atom stereocenters. The van der Waals surface area contributed by atoms with Gasteiger partial charge in [0.1, 0.15) is 17.0 Å². The van der Waals surface area contributed by atoms with Crippen molar-refractivity contribution in [1.29, 1.82) is 0 Å². The zero-order valence-corrected chi connectivity index (χ0v) is 18.0. The van der Waals surface area contributed by atoms with E-state index in [1.807, 2.05) is 23.6 Å². The summed E-state index contributed by atoms with van der Waals surface area (Å²) in [5.74, 6) is 0.331. The highest BCUT2D eigenvalue weighted by Gasteiger charge is 2.26. The van der Waals surface area contributed by atoms with Gasteiger partial charge in [0.05, 0.1) is 5.39 Å². The van der Waals surface area contributed by atoms with E-state index in [2.05, 4.69) is 12.2 Å². The Balaban J connectivity index is 1.81. The Morgan fingerprint density at radius 1 is 1.30 bits per heavy atom. The maximum absolute atomic E-state index is 13.3. The van der Waals surface area contributed by atoms with Gasteiger partial charge in [0.2, 0.25) is 0 Å². The van der Waals surface area contributed by atoms with Crippen molar-refractivity contribution in [3.8, 4) is 0 Å². The third-order valence-electron chi connectivity index (χ3n) is 6.28. The Morgan fingerprint density at radius 2 is 2.10 bits per heavy atom. The van der Waals surface area contributed by atoms with Crippen LogP contribution in [-0.2, 0) is 11.3 Å². The second kappa shape index (κ2) is 8.60.